The highest BCUT2D eigenvalue weighted by atomic mass is 79.9. The number of nitrogens with zero attached hydrogens (tertiary/aromatic N) is 1. The van der Waals surface area contributed by atoms with Gasteiger partial charge in [0.2, 0.25) is 0 Å². The van der Waals surface area contributed by atoms with Crippen molar-refractivity contribution >= 4 is 15.9 Å². The molecule has 2 nitrogen and oxygen atoms in total. The van der Waals surface area contributed by atoms with Crippen molar-refractivity contribution in [2.45, 2.75) is 18.6 Å². The van der Waals surface area contributed by atoms with Gasteiger partial charge in [-0.05, 0) is 24.9 Å². The summed E-state index contributed by atoms with van der Waals surface area (Å²) in [6.07, 6.45) is -2.87. The number of halogens is 1. The molecule has 1 aliphatic rings. The van der Waals surface area contributed by atoms with Crippen LogP contribution in [-0.4, -0.2) is 18.2 Å². The summed E-state index contributed by atoms with van der Waals surface area (Å²) in [7, 11) is 0. The minimum Gasteiger partial charge on any atom is -0.381 e. The van der Waals surface area contributed by atoms with E-state index >= 15 is 0 Å². The van der Waals surface area contributed by atoms with Crippen LogP contribution in [0.2, 0.25) is 0 Å². The lowest BCUT2D eigenvalue weighted by atomic mass is 9.96. The highest BCUT2D eigenvalue weighted by Crippen LogP contribution is 2.26. The molecule has 2 rings (SSSR count). The molecule has 0 amide bonds. The molecule has 0 saturated carbocycles. The largest absolute Gasteiger partial charge is 0.381 e. The molecule has 1 aromatic rings. The zero-order valence-corrected chi connectivity index (χ0v) is 8.47. The molecule has 0 atom stereocenters. The SMILES string of the molecule is [2H]C1([2H])COCC([2H])([2H])C1([2H])c1cc(Br)ccn1. The third-order valence-corrected chi connectivity index (χ3v) is 2.17. The van der Waals surface area contributed by atoms with Gasteiger partial charge in [-0.1, -0.05) is 15.9 Å². The maximum absolute atomic E-state index is 8.35. The van der Waals surface area contributed by atoms with E-state index in [9.17, 15) is 0 Å². The van der Waals surface area contributed by atoms with Gasteiger partial charge in [0.1, 0.15) is 0 Å². The molecule has 2 heterocycles. The monoisotopic (exact) mass is 246 g/mol. The first-order chi connectivity index (χ1) is 8.21. The van der Waals surface area contributed by atoms with Crippen LogP contribution in [0.25, 0.3) is 0 Å². The summed E-state index contributed by atoms with van der Waals surface area (Å²) >= 11 is 3.23. The quantitative estimate of drug-likeness (QED) is 0.761. The van der Waals surface area contributed by atoms with Crippen LogP contribution in [0.4, 0.5) is 0 Å². The van der Waals surface area contributed by atoms with Crippen molar-refractivity contribution in [1.82, 2.24) is 4.98 Å². The predicted molar refractivity (Wildman–Crippen MR) is 54.7 cm³/mol. The van der Waals surface area contributed by atoms with Crippen molar-refractivity contribution in [2.75, 3.05) is 13.2 Å². The molecule has 70 valence electrons. The molecule has 0 N–H and O–H groups in total. The van der Waals surface area contributed by atoms with Gasteiger partial charge in [-0.2, -0.15) is 0 Å². The van der Waals surface area contributed by atoms with E-state index in [1.54, 1.807) is 6.07 Å². The molecule has 13 heavy (non-hydrogen) atoms. The molecule has 0 unspecified atom stereocenters. The third kappa shape index (κ3) is 2.29. The summed E-state index contributed by atoms with van der Waals surface area (Å²) in [5.74, 6) is -2.10. The lowest BCUT2D eigenvalue weighted by Crippen LogP contribution is -2.14. The molecule has 0 bridgehead atoms. The fraction of sp³-hybridized carbons (Fsp3) is 0.500. The average molecular weight is 247 g/mol. The van der Waals surface area contributed by atoms with Crippen molar-refractivity contribution in [1.29, 1.82) is 0 Å². The smallest absolute Gasteiger partial charge is 0.0472 e. The van der Waals surface area contributed by atoms with Crippen LogP contribution in [0.3, 0.4) is 0 Å². The van der Waals surface area contributed by atoms with Gasteiger partial charge in [-0.15, -0.1) is 0 Å². The van der Waals surface area contributed by atoms with E-state index in [-0.39, 0.29) is 18.9 Å². The highest BCUT2D eigenvalue weighted by molar-refractivity contribution is 9.10. The molecule has 3 heteroatoms. The van der Waals surface area contributed by atoms with Gasteiger partial charge >= 0.3 is 0 Å². The summed E-state index contributed by atoms with van der Waals surface area (Å²) in [6.45, 7) is -0.631. The van der Waals surface area contributed by atoms with Crippen LogP contribution in [0, 0.1) is 0 Å². The van der Waals surface area contributed by atoms with Gasteiger partial charge in [0.05, 0.1) is 0 Å². The van der Waals surface area contributed by atoms with E-state index in [1.165, 1.54) is 12.3 Å². The van der Waals surface area contributed by atoms with Crippen LogP contribution in [-0.2, 0) is 4.74 Å². The van der Waals surface area contributed by atoms with E-state index in [0.717, 1.165) is 0 Å². The van der Waals surface area contributed by atoms with Crippen molar-refractivity contribution in [3.8, 4) is 0 Å². The minimum atomic E-state index is -2.15. The number of hydrogen-bond acceptors (Lipinski definition) is 2. The molecule has 1 fully saturated rings. The van der Waals surface area contributed by atoms with Gasteiger partial charge in [-0.25, -0.2) is 0 Å². The van der Waals surface area contributed by atoms with Crippen LogP contribution in [0.1, 0.15) is 31.2 Å². The van der Waals surface area contributed by atoms with Crippen molar-refractivity contribution in [2.24, 2.45) is 0 Å². The summed E-state index contributed by atoms with van der Waals surface area (Å²) in [5.41, 5.74) is 0.0650. The Morgan fingerprint density at radius 3 is 3.08 bits per heavy atom. The molecule has 1 aromatic heterocycles. The van der Waals surface area contributed by atoms with Gasteiger partial charge in [0.25, 0.3) is 0 Å². The van der Waals surface area contributed by atoms with E-state index < -0.39 is 18.6 Å². The molecule has 1 aliphatic heterocycles. The van der Waals surface area contributed by atoms with Gasteiger partial charge < -0.3 is 4.74 Å². The number of pyridine rings is 1. The summed E-state index contributed by atoms with van der Waals surface area (Å²) in [4.78, 5) is 3.97. The van der Waals surface area contributed by atoms with Gasteiger partial charge in [0, 0.05) is 42.3 Å². The van der Waals surface area contributed by atoms with E-state index in [1.807, 2.05) is 0 Å². The first-order valence-electron chi connectivity index (χ1n) is 6.40. The van der Waals surface area contributed by atoms with Gasteiger partial charge in [0.15, 0.2) is 0 Å². The third-order valence-electron chi connectivity index (χ3n) is 1.68. The molecule has 0 aromatic carbocycles. The maximum Gasteiger partial charge on any atom is 0.0472 e. The minimum absolute atomic E-state index is 0.0650. The van der Waals surface area contributed by atoms with E-state index in [2.05, 4.69) is 20.9 Å². The van der Waals surface area contributed by atoms with Crippen LogP contribution in [0.5, 0.6) is 0 Å². The predicted octanol–water partition coefficient (Wildman–Crippen LogP) is 2.74. The fourth-order valence-corrected chi connectivity index (χ4v) is 1.42. The molecule has 0 spiro atoms. The first-order valence-corrected chi connectivity index (χ1v) is 4.70. The first kappa shape index (κ1) is 4.89. The number of hydrogen-bond donors (Lipinski definition) is 0. The second-order valence-corrected chi connectivity index (χ2v) is 3.50. The van der Waals surface area contributed by atoms with Gasteiger partial charge in [-0.3, -0.25) is 4.98 Å². The fourth-order valence-electron chi connectivity index (χ4n) is 1.08. The molecule has 0 radical (unpaired) electrons. The number of ether oxygens (including phenoxy) is 1. The highest BCUT2D eigenvalue weighted by Gasteiger charge is 2.16. The zero-order valence-electron chi connectivity index (χ0n) is 11.9. The Morgan fingerprint density at radius 2 is 2.38 bits per heavy atom. The standard InChI is InChI=1S/C10H12BrNO/c11-9-1-4-12-10(7-9)8-2-5-13-6-3-8/h1,4,7-8H,2-3,5-6H2/i2D2,3D2,8D. The lowest BCUT2D eigenvalue weighted by Gasteiger charge is -2.21. The molecular formula is C10H12BrNO. The van der Waals surface area contributed by atoms with E-state index in [0.29, 0.717) is 4.47 Å². The second-order valence-electron chi connectivity index (χ2n) is 2.58. The Balaban J connectivity index is 2.60. The lowest BCUT2D eigenvalue weighted by molar-refractivity contribution is 0.0845. The van der Waals surface area contributed by atoms with Crippen LogP contribution in [0.15, 0.2) is 22.8 Å². The normalized spacial score (nSPS) is 34.7. The maximum atomic E-state index is 8.35. The van der Waals surface area contributed by atoms with Crippen LogP contribution < -0.4 is 0 Å². The molecule has 0 aliphatic carbocycles. The summed E-state index contributed by atoms with van der Waals surface area (Å²) < 4.78 is 45.5. The average Bonchev–Trinajstić information content (AvgIpc) is 2.25. The summed E-state index contributed by atoms with van der Waals surface area (Å²) in [5, 5.41) is 0. The Hall–Kier alpha value is -0.410. The Labute approximate surface area is 93.5 Å². The Bertz CT molecular complexity index is 451. The Kier molecular flexibility index (Phi) is 1.58. The molecular weight excluding hydrogens is 230 g/mol. The van der Waals surface area contributed by atoms with Crippen molar-refractivity contribution in [3.05, 3.63) is 28.5 Å². The topological polar surface area (TPSA) is 22.1 Å². The number of aromatic nitrogens is 1. The Morgan fingerprint density at radius 1 is 1.62 bits per heavy atom. The molecule has 1 saturated heterocycles. The number of rotatable bonds is 1. The second kappa shape index (κ2) is 4.20. The van der Waals surface area contributed by atoms with Crippen LogP contribution >= 0.6 is 15.9 Å². The zero-order chi connectivity index (χ0) is 13.6. The van der Waals surface area contributed by atoms with E-state index in [4.69, 9.17) is 11.6 Å². The summed E-state index contributed by atoms with van der Waals surface area (Å²) in [6, 6.07) is 3.13. The van der Waals surface area contributed by atoms with Crippen molar-refractivity contribution in [3.63, 3.8) is 0 Å². The van der Waals surface area contributed by atoms with Crippen molar-refractivity contribution < 1.29 is 11.6 Å².